The summed E-state index contributed by atoms with van der Waals surface area (Å²) in [4.78, 5) is 13.8. The molecule has 1 heterocycles. The lowest BCUT2D eigenvalue weighted by atomic mass is 10.1. The largest absolute Gasteiger partial charge is 0.469 e. The van der Waals surface area contributed by atoms with Crippen molar-refractivity contribution < 1.29 is 9.53 Å². The molecule has 3 heteroatoms. The van der Waals surface area contributed by atoms with Crippen molar-refractivity contribution in [3.63, 3.8) is 0 Å². The van der Waals surface area contributed by atoms with Crippen molar-refractivity contribution in [1.29, 1.82) is 0 Å². The van der Waals surface area contributed by atoms with E-state index in [4.69, 9.17) is 4.74 Å². The zero-order chi connectivity index (χ0) is 9.97. The van der Waals surface area contributed by atoms with E-state index in [0.717, 1.165) is 25.9 Å². The molecule has 14 heavy (non-hydrogen) atoms. The molecule has 1 atom stereocenters. The van der Waals surface area contributed by atoms with E-state index in [-0.39, 0.29) is 11.9 Å². The summed E-state index contributed by atoms with van der Waals surface area (Å²) >= 11 is 0. The molecule has 0 aromatic heterocycles. The highest BCUT2D eigenvalue weighted by Crippen LogP contribution is 2.31. The second-order valence-corrected chi connectivity index (χ2v) is 3.98. The molecular weight excluding hydrogens is 178 g/mol. The second-order valence-electron chi connectivity index (χ2n) is 3.98. The summed E-state index contributed by atoms with van der Waals surface area (Å²) in [5.41, 5.74) is 1.22. The van der Waals surface area contributed by atoms with Crippen molar-refractivity contribution in [3.8, 4) is 0 Å². The molecule has 1 aliphatic heterocycles. The van der Waals surface area contributed by atoms with Gasteiger partial charge in [-0.15, -0.1) is 0 Å². The molecule has 0 bridgehead atoms. The van der Waals surface area contributed by atoms with Gasteiger partial charge < -0.3 is 9.64 Å². The first-order valence-electron chi connectivity index (χ1n) is 5.36. The third-order valence-electron chi connectivity index (χ3n) is 3.12. The van der Waals surface area contributed by atoms with Crippen LogP contribution >= 0.6 is 0 Å². The molecule has 2 aliphatic rings. The summed E-state index contributed by atoms with van der Waals surface area (Å²) in [6.07, 6.45) is 6.66. The molecule has 1 unspecified atom stereocenters. The number of esters is 1. The number of ether oxygens (including phenoxy) is 1. The molecule has 0 radical (unpaired) electrons. The van der Waals surface area contributed by atoms with Crippen LogP contribution in [0.15, 0.2) is 11.8 Å². The Morgan fingerprint density at radius 1 is 1.50 bits per heavy atom. The predicted octanol–water partition coefficient (Wildman–Crippen LogP) is 1.55. The second kappa shape index (κ2) is 4.03. The van der Waals surface area contributed by atoms with Gasteiger partial charge in [-0.05, 0) is 25.7 Å². The van der Waals surface area contributed by atoms with Crippen molar-refractivity contribution >= 4 is 5.97 Å². The highest BCUT2D eigenvalue weighted by molar-refractivity contribution is 5.76. The Morgan fingerprint density at radius 3 is 2.86 bits per heavy atom. The average Bonchev–Trinajstić information content (AvgIpc) is 2.85. The molecular formula is C11H17NO2. The van der Waals surface area contributed by atoms with E-state index in [2.05, 4.69) is 11.0 Å². The van der Waals surface area contributed by atoms with Gasteiger partial charge in [-0.25, -0.2) is 0 Å². The number of nitrogens with zero attached hydrogens (tertiary/aromatic N) is 1. The van der Waals surface area contributed by atoms with E-state index in [9.17, 15) is 4.79 Å². The zero-order valence-electron chi connectivity index (χ0n) is 8.66. The molecule has 2 rings (SSSR count). The number of allylic oxidation sites excluding steroid dienone is 1. The first kappa shape index (κ1) is 9.56. The molecule has 0 saturated carbocycles. The lowest BCUT2D eigenvalue weighted by molar-refractivity contribution is -0.144. The van der Waals surface area contributed by atoms with E-state index < -0.39 is 0 Å². The van der Waals surface area contributed by atoms with Gasteiger partial charge in [-0.1, -0.05) is 6.08 Å². The minimum absolute atomic E-state index is 0.0121. The topological polar surface area (TPSA) is 29.5 Å². The third-order valence-corrected chi connectivity index (χ3v) is 3.12. The molecule has 0 N–H and O–H groups in total. The van der Waals surface area contributed by atoms with E-state index in [1.807, 2.05) is 0 Å². The number of carbonyl (C=O) groups excluding carboxylic acids is 1. The summed E-state index contributed by atoms with van der Waals surface area (Å²) in [5, 5.41) is 0. The maximum absolute atomic E-state index is 11.5. The van der Waals surface area contributed by atoms with Crippen LogP contribution in [0.1, 0.15) is 25.7 Å². The lowest BCUT2D eigenvalue weighted by Gasteiger charge is -2.23. The zero-order valence-corrected chi connectivity index (χ0v) is 8.66. The lowest BCUT2D eigenvalue weighted by Crippen LogP contribution is -2.27. The molecule has 0 spiro atoms. The van der Waals surface area contributed by atoms with Gasteiger partial charge in [0, 0.05) is 18.8 Å². The summed E-state index contributed by atoms with van der Waals surface area (Å²) in [7, 11) is 1.47. The fourth-order valence-electron chi connectivity index (χ4n) is 2.39. The van der Waals surface area contributed by atoms with Gasteiger partial charge in [0.2, 0.25) is 0 Å². The Labute approximate surface area is 84.7 Å². The molecule has 0 amide bonds. The minimum atomic E-state index is -0.0688. The predicted molar refractivity (Wildman–Crippen MR) is 53.6 cm³/mol. The van der Waals surface area contributed by atoms with Crippen molar-refractivity contribution in [2.45, 2.75) is 25.7 Å². The molecule has 3 nitrogen and oxygen atoms in total. The van der Waals surface area contributed by atoms with Gasteiger partial charge in [-0.2, -0.15) is 0 Å². The monoisotopic (exact) mass is 195 g/mol. The van der Waals surface area contributed by atoms with Gasteiger partial charge in [0.15, 0.2) is 0 Å². The highest BCUT2D eigenvalue weighted by atomic mass is 16.5. The van der Waals surface area contributed by atoms with Crippen molar-refractivity contribution in [3.05, 3.63) is 11.8 Å². The van der Waals surface area contributed by atoms with Crippen molar-refractivity contribution in [1.82, 2.24) is 4.90 Å². The van der Waals surface area contributed by atoms with E-state index in [0.29, 0.717) is 0 Å². The maximum Gasteiger partial charge on any atom is 0.314 e. The first-order valence-corrected chi connectivity index (χ1v) is 5.36. The van der Waals surface area contributed by atoms with Gasteiger partial charge in [0.25, 0.3) is 0 Å². The van der Waals surface area contributed by atoms with E-state index in [1.165, 1.54) is 25.6 Å². The number of carbonyl (C=O) groups is 1. The minimum Gasteiger partial charge on any atom is -0.469 e. The van der Waals surface area contributed by atoms with Crippen molar-refractivity contribution in [2.24, 2.45) is 5.92 Å². The summed E-state index contributed by atoms with van der Waals surface area (Å²) in [6, 6.07) is 0. The fraction of sp³-hybridized carbons (Fsp3) is 0.727. The van der Waals surface area contributed by atoms with Crippen molar-refractivity contribution in [2.75, 3.05) is 20.2 Å². The third kappa shape index (κ3) is 1.63. The van der Waals surface area contributed by atoms with E-state index >= 15 is 0 Å². The number of likely N-dealkylation sites (tertiary alicyclic amines) is 1. The van der Waals surface area contributed by atoms with Crippen LogP contribution in [0.3, 0.4) is 0 Å². The quantitative estimate of drug-likeness (QED) is 0.626. The summed E-state index contributed by atoms with van der Waals surface area (Å²) in [6.45, 7) is 2.22. The molecule has 0 aromatic rings. The number of hydrogen-bond acceptors (Lipinski definition) is 3. The molecule has 78 valence electrons. The Morgan fingerprint density at radius 2 is 2.21 bits per heavy atom. The van der Waals surface area contributed by atoms with Gasteiger partial charge in [0.05, 0.1) is 13.0 Å². The number of rotatable bonds is 2. The van der Waals surface area contributed by atoms with Crippen LogP contribution in [0.25, 0.3) is 0 Å². The summed E-state index contributed by atoms with van der Waals surface area (Å²) < 4.78 is 4.82. The van der Waals surface area contributed by atoms with Gasteiger partial charge >= 0.3 is 5.97 Å². The standard InChI is InChI=1S/C11H17NO2/c1-14-11(13)9-5-4-6-10(9)12-7-2-3-8-12/h6,9H,2-5,7-8H2,1H3. The van der Waals surface area contributed by atoms with Gasteiger partial charge in [0.1, 0.15) is 0 Å². The molecule has 1 fully saturated rings. The normalized spacial score (nSPS) is 26.5. The molecule has 1 saturated heterocycles. The first-order chi connectivity index (χ1) is 6.83. The smallest absolute Gasteiger partial charge is 0.314 e. The van der Waals surface area contributed by atoms with Crippen LogP contribution < -0.4 is 0 Å². The number of methoxy groups -OCH3 is 1. The van der Waals surface area contributed by atoms with Crippen LogP contribution in [0.5, 0.6) is 0 Å². The molecule has 1 aliphatic carbocycles. The van der Waals surface area contributed by atoms with Crippen LogP contribution in [0.4, 0.5) is 0 Å². The van der Waals surface area contributed by atoms with Gasteiger partial charge in [-0.3, -0.25) is 4.79 Å². The van der Waals surface area contributed by atoms with Crippen LogP contribution in [-0.4, -0.2) is 31.1 Å². The fourth-order valence-corrected chi connectivity index (χ4v) is 2.39. The summed E-state index contributed by atoms with van der Waals surface area (Å²) in [5.74, 6) is -0.0567. The Balaban J connectivity index is 2.05. The average molecular weight is 195 g/mol. The van der Waals surface area contributed by atoms with Crippen LogP contribution in [-0.2, 0) is 9.53 Å². The van der Waals surface area contributed by atoms with Crippen LogP contribution in [0.2, 0.25) is 0 Å². The van der Waals surface area contributed by atoms with E-state index in [1.54, 1.807) is 0 Å². The number of hydrogen-bond donors (Lipinski definition) is 0. The SMILES string of the molecule is COC(=O)C1CCC=C1N1CCCC1. The Bertz CT molecular complexity index is 254. The Hall–Kier alpha value is -0.990. The maximum atomic E-state index is 11.5. The van der Waals surface area contributed by atoms with Crippen LogP contribution in [0, 0.1) is 5.92 Å². The highest BCUT2D eigenvalue weighted by Gasteiger charge is 2.31. The molecule has 0 aromatic carbocycles. The Kier molecular flexibility index (Phi) is 2.75.